The first-order chi connectivity index (χ1) is 22.5. The van der Waals surface area contributed by atoms with Crippen LogP contribution in [-0.2, 0) is 36.7 Å². The van der Waals surface area contributed by atoms with Gasteiger partial charge in [-0.15, -0.1) is 0 Å². The Labute approximate surface area is 275 Å². The van der Waals surface area contributed by atoms with Crippen molar-refractivity contribution in [3.05, 3.63) is 64.8 Å². The van der Waals surface area contributed by atoms with Crippen molar-refractivity contribution in [2.24, 2.45) is 17.8 Å². The van der Waals surface area contributed by atoms with Crippen LogP contribution in [0.2, 0.25) is 0 Å². The zero-order chi connectivity index (χ0) is 33.5. The Balaban J connectivity index is 1.18. The van der Waals surface area contributed by atoms with E-state index in [2.05, 4.69) is 21.3 Å². The minimum absolute atomic E-state index is 0.00717. The van der Waals surface area contributed by atoms with Crippen molar-refractivity contribution in [2.45, 2.75) is 70.4 Å². The van der Waals surface area contributed by atoms with Crippen LogP contribution in [0.4, 0.5) is 4.79 Å². The van der Waals surface area contributed by atoms with E-state index in [1.807, 2.05) is 12.1 Å². The first kappa shape index (κ1) is 32.8. The molecule has 11 nitrogen and oxygen atoms in total. The second-order valence-corrected chi connectivity index (χ2v) is 13.8. The van der Waals surface area contributed by atoms with Crippen LogP contribution in [0.3, 0.4) is 0 Å². The maximum Gasteiger partial charge on any atom is 0.407 e. The fourth-order valence-corrected chi connectivity index (χ4v) is 7.81. The molecule has 1 saturated heterocycles. The molecule has 3 aromatic rings. The Kier molecular flexibility index (Phi) is 9.22. The van der Waals surface area contributed by atoms with Crippen LogP contribution in [0.15, 0.2) is 42.5 Å². The van der Waals surface area contributed by atoms with Gasteiger partial charge in [0, 0.05) is 49.4 Å². The van der Waals surface area contributed by atoms with E-state index in [4.69, 9.17) is 23.7 Å². The molecule has 0 radical (unpaired) electrons. The molecule has 2 aromatic carbocycles. The molecule has 2 aliphatic heterocycles. The van der Waals surface area contributed by atoms with Crippen molar-refractivity contribution in [2.75, 3.05) is 34.4 Å². The first-order valence-corrected chi connectivity index (χ1v) is 16.3. The van der Waals surface area contributed by atoms with Gasteiger partial charge in [0.15, 0.2) is 0 Å². The number of alkyl carbamates (subject to hydrolysis) is 1. The predicted molar refractivity (Wildman–Crippen MR) is 174 cm³/mol. The molecular formula is C36H45N3O8. The Bertz CT molecular complexity index is 1630. The van der Waals surface area contributed by atoms with Gasteiger partial charge in [-0.25, -0.2) is 9.59 Å². The lowest BCUT2D eigenvalue weighted by Crippen LogP contribution is -2.58. The van der Waals surface area contributed by atoms with Crippen LogP contribution in [-0.4, -0.2) is 80.1 Å². The number of benzene rings is 2. The smallest absolute Gasteiger partial charge is 0.407 e. The second kappa shape index (κ2) is 13.2. The van der Waals surface area contributed by atoms with Crippen molar-refractivity contribution in [3.63, 3.8) is 0 Å². The maximum atomic E-state index is 13.4. The van der Waals surface area contributed by atoms with Gasteiger partial charge in [-0.1, -0.05) is 12.1 Å². The molecule has 252 valence electrons. The highest BCUT2D eigenvalue weighted by Gasteiger charge is 2.54. The van der Waals surface area contributed by atoms with Crippen molar-refractivity contribution in [1.29, 1.82) is 0 Å². The molecule has 1 aliphatic carbocycles. The van der Waals surface area contributed by atoms with Gasteiger partial charge in [0.05, 0.1) is 31.7 Å². The van der Waals surface area contributed by atoms with E-state index in [0.29, 0.717) is 12.0 Å². The van der Waals surface area contributed by atoms with Crippen LogP contribution < -0.4 is 10.1 Å². The van der Waals surface area contributed by atoms with Crippen LogP contribution in [0.25, 0.3) is 10.9 Å². The van der Waals surface area contributed by atoms with Crippen LogP contribution >= 0.6 is 0 Å². The number of nitrogens with zero attached hydrogens (tertiary/aromatic N) is 1. The quantitative estimate of drug-likeness (QED) is 0.264. The summed E-state index contributed by atoms with van der Waals surface area (Å²) >= 11 is 0. The molecule has 6 rings (SSSR count). The van der Waals surface area contributed by atoms with Crippen molar-refractivity contribution >= 4 is 28.9 Å². The summed E-state index contributed by atoms with van der Waals surface area (Å²) < 4.78 is 28.1. The van der Waals surface area contributed by atoms with Crippen LogP contribution in [0.1, 0.15) is 66.8 Å². The number of methoxy groups -OCH3 is 3. The van der Waals surface area contributed by atoms with E-state index < -0.39 is 35.8 Å². The summed E-state index contributed by atoms with van der Waals surface area (Å²) in [6.45, 7) is 7.36. The van der Waals surface area contributed by atoms with E-state index in [1.54, 1.807) is 59.3 Å². The number of H-pyrrole nitrogens is 1. The van der Waals surface area contributed by atoms with Gasteiger partial charge in [-0.3, -0.25) is 9.69 Å². The van der Waals surface area contributed by atoms with Crippen molar-refractivity contribution < 1.29 is 38.1 Å². The number of aromatic amines is 1. The van der Waals surface area contributed by atoms with Crippen molar-refractivity contribution in [1.82, 2.24) is 15.2 Å². The standard InChI is InChI=1S/C36H45N3O8/c1-36(2,3)47-35(42)37-18-20-7-9-21(10-8-20)33(40)46-29-15-22-19-39-14-13-25-24-12-11-23(43-4)16-27(24)38-31(25)28(39)17-26(22)30(32(29)44-5)34(41)45-6/h7-12,16,22,26,28-30,32,38H,13-15,17-19H2,1-6H3,(H,37,42). The lowest BCUT2D eigenvalue weighted by Gasteiger charge is -2.52. The number of aromatic nitrogens is 1. The van der Waals surface area contributed by atoms with Gasteiger partial charge in [-0.2, -0.15) is 0 Å². The van der Waals surface area contributed by atoms with Crippen molar-refractivity contribution in [3.8, 4) is 5.75 Å². The zero-order valence-electron chi connectivity index (χ0n) is 28.0. The number of esters is 2. The molecule has 1 saturated carbocycles. The monoisotopic (exact) mass is 647 g/mol. The second-order valence-electron chi connectivity index (χ2n) is 13.8. The summed E-state index contributed by atoms with van der Waals surface area (Å²) in [6.07, 6.45) is 0.498. The Morgan fingerprint density at radius 2 is 1.79 bits per heavy atom. The Hall–Kier alpha value is -4.09. The average molecular weight is 648 g/mol. The fourth-order valence-electron chi connectivity index (χ4n) is 7.81. The number of carbonyl (C=O) groups is 3. The third-order valence-corrected chi connectivity index (χ3v) is 9.89. The highest BCUT2D eigenvalue weighted by molar-refractivity contribution is 5.89. The molecule has 0 bridgehead atoms. The third kappa shape index (κ3) is 6.69. The maximum absolute atomic E-state index is 13.4. The predicted octanol–water partition coefficient (Wildman–Crippen LogP) is 5.17. The molecule has 2 fully saturated rings. The summed E-state index contributed by atoms with van der Waals surface area (Å²) in [4.78, 5) is 45.0. The highest BCUT2D eigenvalue weighted by Crippen LogP contribution is 2.50. The number of piperidine rings is 1. The molecule has 6 atom stereocenters. The zero-order valence-corrected chi connectivity index (χ0v) is 28.0. The van der Waals surface area contributed by atoms with Gasteiger partial charge < -0.3 is 34.0 Å². The van der Waals surface area contributed by atoms with E-state index in [9.17, 15) is 14.4 Å². The summed E-state index contributed by atoms with van der Waals surface area (Å²) in [6, 6.07) is 13.2. The molecule has 47 heavy (non-hydrogen) atoms. The Morgan fingerprint density at radius 1 is 1.02 bits per heavy atom. The SMILES string of the molecule is COC(=O)C1C2CC3c4[nH]c5cc(OC)ccc5c4CCN3CC2CC(OC(=O)c2ccc(CNC(=O)OC(C)(C)C)cc2)C1OC. The normalized spacial score (nSPS) is 25.6. The molecule has 0 spiro atoms. The molecule has 3 aliphatic rings. The summed E-state index contributed by atoms with van der Waals surface area (Å²) in [5, 5.41) is 3.93. The van der Waals surface area contributed by atoms with Crippen LogP contribution in [0, 0.1) is 17.8 Å². The van der Waals surface area contributed by atoms with E-state index in [0.717, 1.165) is 42.8 Å². The number of nitrogens with one attached hydrogen (secondary N) is 2. The third-order valence-electron chi connectivity index (χ3n) is 9.89. The molecular weight excluding hydrogens is 602 g/mol. The number of ether oxygens (including phenoxy) is 5. The first-order valence-electron chi connectivity index (χ1n) is 16.3. The molecule has 1 amide bonds. The summed E-state index contributed by atoms with van der Waals surface area (Å²) in [5.74, 6) is -0.501. The number of hydrogen-bond donors (Lipinski definition) is 2. The van der Waals surface area contributed by atoms with Gasteiger partial charge in [0.1, 0.15) is 23.6 Å². The topological polar surface area (TPSA) is 128 Å². The minimum Gasteiger partial charge on any atom is -0.497 e. The Morgan fingerprint density at radius 3 is 2.47 bits per heavy atom. The summed E-state index contributed by atoms with van der Waals surface area (Å²) in [7, 11) is 4.63. The minimum atomic E-state index is -0.647. The van der Waals surface area contributed by atoms with E-state index in [-0.39, 0.29) is 30.4 Å². The number of amides is 1. The number of rotatable bonds is 7. The average Bonchev–Trinajstić information content (AvgIpc) is 3.43. The molecule has 11 heteroatoms. The van der Waals surface area contributed by atoms with E-state index >= 15 is 0 Å². The largest absolute Gasteiger partial charge is 0.497 e. The van der Waals surface area contributed by atoms with Gasteiger partial charge >= 0.3 is 18.0 Å². The fraction of sp³-hybridized carbons (Fsp3) is 0.528. The lowest BCUT2D eigenvalue weighted by molar-refractivity contribution is -0.176. The number of carbonyl (C=O) groups excluding carboxylic acids is 3. The van der Waals surface area contributed by atoms with Crippen LogP contribution in [0.5, 0.6) is 5.75 Å². The molecule has 3 heterocycles. The summed E-state index contributed by atoms with van der Waals surface area (Å²) in [5.41, 5.74) is 4.18. The molecule has 1 aromatic heterocycles. The van der Waals surface area contributed by atoms with Gasteiger partial charge in [-0.05, 0) is 87.3 Å². The number of fused-ring (bicyclic) bond motifs is 6. The van der Waals surface area contributed by atoms with Gasteiger partial charge in [0.25, 0.3) is 0 Å². The number of hydrogen-bond acceptors (Lipinski definition) is 9. The molecule has 6 unspecified atom stereocenters. The highest BCUT2D eigenvalue weighted by atomic mass is 16.6. The lowest BCUT2D eigenvalue weighted by atomic mass is 9.63. The van der Waals surface area contributed by atoms with Gasteiger partial charge in [0.2, 0.25) is 0 Å². The van der Waals surface area contributed by atoms with E-state index in [1.165, 1.54) is 23.8 Å². The molecule has 2 N–H and O–H groups in total.